The van der Waals surface area contributed by atoms with Gasteiger partial charge in [0.15, 0.2) is 5.13 Å². The lowest BCUT2D eigenvalue weighted by Crippen LogP contribution is -2.18. The van der Waals surface area contributed by atoms with Crippen LogP contribution >= 0.6 is 11.3 Å². The Hall–Kier alpha value is -2.08. The first-order valence-corrected chi connectivity index (χ1v) is 8.08. The molecule has 0 saturated heterocycles. The lowest BCUT2D eigenvalue weighted by Gasteiger charge is -2.10. The van der Waals surface area contributed by atoms with Crippen LogP contribution in [-0.2, 0) is 4.79 Å². The zero-order valence-corrected chi connectivity index (χ0v) is 13.8. The number of hydrogen-bond donors (Lipinski definition) is 3. The van der Waals surface area contributed by atoms with E-state index in [4.69, 9.17) is 0 Å². The molecule has 1 aromatic heterocycles. The maximum atomic E-state index is 12.3. The number of anilines is 2. The van der Waals surface area contributed by atoms with Crippen LogP contribution in [-0.4, -0.2) is 22.5 Å². The van der Waals surface area contributed by atoms with Crippen LogP contribution in [0.25, 0.3) is 0 Å². The van der Waals surface area contributed by atoms with E-state index in [9.17, 15) is 9.90 Å². The third-order valence-corrected chi connectivity index (χ3v) is 4.31. The summed E-state index contributed by atoms with van der Waals surface area (Å²) in [5, 5.41) is 16.6. The monoisotopic (exact) mass is 319 g/mol. The molecule has 2 aromatic rings. The van der Waals surface area contributed by atoms with Gasteiger partial charge in [-0.2, -0.15) is 4.98 Å². The number of benzene rings is 1. The van der Waals surface area contributed by atoms with Gasteiger partial charge in [-0.25, -0.2) is 0 Å². The highest BCUT2D eigenvalue weighted by molar-refractivity contribution is 7.16. The Balaban J connectivity index is 2.05. The van der Waals surface area contributed by atoms with E-state index in [0.717, 1.165) is 12.2 Å². The van der Waals surface area contributed by atoms with E-state index >= 15 is 0 Å². The Morgan fingerprint density at radius 3 is 2.59 bits per heavy atom. The van der Waals surface area contributed by atoms with E-state index in [-0.39, 0.29) is 11.8 Å². The van der Waals surface area contributed by atoms with Crippen molar-refractivity contribution in [2.75, 3.05) is 17.2 Å². The van der Waals surface area contributed by atoms with Crippen LogP contribution < -0.4 is 10.6 Å². The number of para-hydroxylation sites is 1. The van der Waals surface area contributed by atoms with E-state index in [0.29, 0.717) is 15.9 Å². The van der Waals surface area contributed by atoms with E-state index in [2.05, 4.69) is 29.5 Å². The van der Waals surface area contributed by atoms with Crippen LogP contribution in [0.15, 0.2) is 30.3 Å². The predicted octanol–water partition coefficient (Wildman–Crippen LogP) is 3.66. The van der Waals surface area contributed by atoms with Crippen LogP contribution in [0.2, 0.25) is 0 Å². The van der Waals surface area contributed by atoms with Gasteiger partial charge < -0.3 is 15.7 Å². The molecule has 1 heterocycles. The summed E-state index contributed by atoms with van der Waals surface area (Å²) in [6, 6.07) is 9.26. The summed E-state index contributed by atoms with van der Waals surface area (Å²) in [4.78, 5) is 16.9. The fourth-order valence-corrected chi connectivity index (χ4v) is 2.78. The smallest absolute Gasteiger partial charge is 0.232 e. The second kappa shape index (κ2) is 7.26. The van der Waals surface area contributed by atoms with Gasteiger partial charge in [0.05, 0.1) is 10.8 Å². The molecule has 3 N–H and O–H groups in total. The van der Waals surface area contributed by atoms with Crippen LogP contribution in [0.4, 0.5) is 10.8 Å². The topological polar surface area (TPSA) is 74.2 Å². The fraction of sp³-hybridized carbons (Fsp3) is 0.375. The summed E-state index contributed by atoms with van der Waals surface area (Å²) >= 11 is 1.32. The van der Waals surface area contributed by atoms with Crippen LogP contribution in [0.3, 0.4) is 0 Å². The maximum Gasteiger partial charge on any atom is 0.232 e. The van der Waals surface area contributed by atoms with E-state index in [1.165, 1.54) is 11.3 Å². The normalized spacial score (nSPS) is 12.2. The van der Waals surface area contributed by atoms with Gasteiger partial charge in [-0.3, -0.25) is 4.79 Å². The van der Waals surface area contributed by atoms with Crippen molar-refractivity contribution in [3.05, 3.63) is 35.2 Å². The molecule has 0 saturated carbocycles. The van der Waals surface area contributed by atoms with Crippen molar-refractivity contribution >= 4 is 28.1 Å². The lowest BCUT2D eigenvalue weighted by molar-refractivity contribution is -0.117. The molecule has 1 amide bonds. The zero-order chi connectivity index (χ0) is 16.1. The van der Waals surface area contributed by atoms with E-state index in [1.54, 1.807) is 6.92 Å². The Kier molecular flexibility index (Phi) is 5.38. The first-order valence-electron chi connectivity index (χ1n) is 7.27. The van der Waals surface area contributed by atoms with Gasteiger partial charge in [0, 0.05) is 12.2 Å². The summed E-state index contributed by atoms with van der Waals surface area (Å²) in [6.07, 6.45) is 0. The first-order chi connectivity index (χ1) is 10.5. The van der Waals surface area contributed by atoms with Gasteiger partial charge in [-0.15, -0.1) is 0 Å². The second-order valence-electron chi connectivity index (χ2n) is 5.56. The van der Waals surface area contributed by atoms with E-state index in [1.807, 2.05) is 30.3 Å². The molecule has 0 spiro atoms. The SMILES string of the molecule is CC(C)CNc1nc(O)c(C(C)C(=O)Nc2ccccc2)s1. The average molecular weight is 319 g/mol. The molecule has 0 bridgehead atoms. The number of amides is 1. The predicted molar refractivity (Wildman–Crippen MR) is 90.6 cm³/mol. The number of thiazole rings is 1. The van der Waals surface area contributed by atoms with Gasteiger partial charge in [0.2, 0.25) is 11.8 Å². The van der Waals surface area contributed by atoms with Gasteiger partial charge in [-0.05, 0) is 25.0 Å². The van der Waals surface area contributed by atoms with Crippen LogP contribution in [0, 0.1) is 5.92 Å². The highest BCUT2D eigenvalue weighted by Crippen LogP contribution is 2.35. The Morgan fingerprint density at radius 1 is 1.27 bits per heavy atom. The highest BCUT2D eigenvalue weighted by atomic mass is 32.1. The van der Waals surface area contributed by atoms with Crippen molar-refractivity contribution in [2.24, 2.45) is 5.92 Å². The molecule has 0 aliphatic carbocycles. The van der Waals surface area contributed by atoms with Crippen LogP contribution in [0.5, 0.6) is 5.88 Å². The minimum absolute atomic E-state index is 0.0769. The molecule has 0 aliphatic rings. The fourth-order valence-electron chi connectivity index (χ4n) is 1.86. The number of nitrogens with zero attached hydrogens (tertiary/aromatic N) is 1. The Labute approximate surface area is 134 Å². The van der Waals surface area contributed by atoms with Gasteiger partial charge in [0.1, 0.15) is 0 Å². The van der Waals surface area contributed by atoms with Gasteiger partial charge in [-0.1, -0.05) is 43.4 Å². The van der Waals surface area contributed by atoms with E-state index < -0.39 is 5.92 Å². The molecule has 1 aromatic carbocycles. The quantitative estimate of drug-likeness (QED) is 0.759. The summed E-state index contributed by atoms with van der Waals surface area (Å²) in [7, 11) is 0. The van der Waals surface area contributed by atoms with Crippen molar-refractivity contribution < 1.29 is 9.90 Å². The lowest BCUT2D eigenvalue weighted by atomic mass is 10.1. The molecule has 5 nitrogen and oxygen atoms in total. The van der Waals surface area contributed by atoms with Crippen molar-refractivity contribution in [3.63, 3.8) is 0 Å². The van der Waals surface area contributed by atoms with Crippen molar-refractivity contribution in [1.29, 1.82) is 0 Å². The maximum absolute atomic E-state index is 12.3. The third-order valence-electron chi connectivity index (χ3n) is 3.12. The standard InChI is InChI=1S/C16H21N3O2S/c1-10(2)9-17-16-19-15(21)13(22-16)11(3)14(20)18-12-7-5-4-6-8-12/h4-8,10-11,21H,9H2,1-3H3,(H,17,19)(H,18,20). The van der Waals surface area contributed by atoms with Gasteiger partial charge >= 0.3 is 0 Å². The number of hydrogen-bond acceptors (Lipinski definition) is 5. The molecule has 118 valence electrons. The summed E-state index contributed by atoms with van der Waals surface area (Å²) in [5.74, 6) is -0.229. The number of aromatic hydroxyl groups is 1. The second-order valence-corrected chi connectivity index (χ2v) is 6.59. The molecule has 1 unspecified atom stereocenters. The number of carbonyl (C=O) groups excluding carboxylic acids is 1. The minimum atomic E-state index is -0.465. The molecule has 0 radical (unpaired) electrons. The molecule has 0 aliphatic heterocycles. The molecular formula is C16H21N3O2S. The summed E-state index contributed by atoms with van der Waals surface area (Å²) < 4.78 is 0. The van der Waals surface area contributed by atoms with Crippen molar-refractivity contribution in [3.8, 4) is 5.88 Å². The number of rotatable bonds is 6. The number of carbonyl (C=O) groups is 1. The largest absolute Gasteiger partial charge is 0.492 e. The van der Waals surface area contributed by atoms with Gasteiger partial charge in [0.25, 0.3) is 0 Å². The highest BCUT2D eigenvalue weighted by Gasteiger charge is 2.23. The molecule has 0 fully saturated rings. The summed E-state index contributed by atoms with van der Waals surface area (Å²) in [6.45, 7) is 6.73. The Morgan fingerprint density at radius 2 is 1.95 bits per heavy atom. The van der Waals surface area contributed by atoms with Crippen molar-refractivity contribution in [2.45, 2.75) is 26.7 Å². The molecule has 22 heavy (non-hydrogen) atoms. The minimum Gasteiger partial charge on any atom is -0.492 e. The number of aromatic nitrogens is 1. The molecule has 6 heteroatoms. The summed E-state index contributed by atoms with van der Waals surface area (Å²) in [5.41, 5.74) is 0.738. The number of nitrogens with one attached hydrogen (secondary N) is 2. The first kappa shape index (κ1) is 16.3. The molecular weight excluding hydrogens is 298 g/mol. The molecule has 1 atom stereocenters. The van der Waals surface area contributed by atoms with Crippen molar-refractivity contribution in [1.82, 2.24) is 4.98 Å². The third kappa shape index (κ3) is 4.21. The zero-order valence-electron chi connectivity index (χ0n) is 13.0. The Bertz CT molecular complexity index is 626. The van der Waals surface area contributed by atoms with Crippen LogP contribution in [0.1, 0.15) is 31.6 Å². The average Bonchev–Trinajstić information content (AvgIpc) is 2.86. The molecule has 2 rings (SSSR count).